The van der Waals surface area contributed by atoms with Crippen LogP contribution in [0.3, 0.4) is 0 Å². The van der Waals surface area contributed by atoms with Crippen LogP contribution in [0.4, 0.5) is 0 Å². The molecule has 5 heteroatoms. The third-order valence-electron chi connectivity index (χ3n) is 1.77. The molecular weight excluding hydrogens is 223 g/mol. The number of hydrogen-bond acceptors (Lipinski definition) is 2. The maximum atomic E-state index is 11.2. The fourth-order valence-electron chi connectivity index (χ4n) is 1.11. The van der Waals surface area contributed by atoms with Crippen molar-refractivity contribution in [3.63, 3.8) is 0 Å². The number of rotatable bonds is 2. The summed E-state index contributed by atoms with van der Waals surface area (Å²) < 4.78 is 0.620. The Morgan fingerprint density at radius 2 is 1.42 bits per heavy atom. The van der Waals surface area contributed by atoms with Gasteiger partial charge < -0.3 is 0 Å². The van der Waals surface area contributed by atoms with E-state index in [1.807, 2.05) is 13.8 Å². The van der Waals surface area contributed by atoms with E-state index >= 15 is 0 Å². The fourth-order valence-corrected chi connectivity index (χ4v) is 2.00. The first-order chi connectivity index (χ1) is 5.63. The normalized spacial score (nSPS) is 18.0. The van der Waals surface area contributed by atoms with Gasteiger partial charge in [-0.15, -0.1) is 0 Å². The number of likely N-dealkylation sites (N-methyl/N-ethyl adjacent to an activating group) is 2. The van der Waals surface area contributed by atoms with E-state index in [2.05, 4.69) is 15.6 Å². The molecule has 0 aromatic rings. The van der Waals surface area contributed by atoms with Gasteiger partial charge in [0.25, 0.3) is 0 Å². The summed E-state index contributed by atoms with van der Waals surface area (Å²) in [4.78, 5) is 25.3. The van der Waals surface area contributed by atoms with Crippen LogP contribution in [-0.2, 0) is 9.59 Å². The van der Waals surface area contributed by atoms with Gasteiger partial charge in [0.15, 0.2) is 0 Å². The van der Waals surface area contributed by atoms with Gasteiger partial charge in [0.05, 0.1) is 0 Å². The molecule has 0 aromatic heterocycles. The second-order valence-corrected chi connectivity index (χ2v) is 3.15. The summed E-state index contributed by atoms with van der Waals surface area (Å²) in [5.41, 5.74) is 0. The van der Waals surface area contributed by atoms with Gasteiger partial charge in [0.2, 0.25) is 0 Å². The Labute approximate surface area is 78.9 Å². The zero-order valence-corrected chi connectivity index (χ0v) is 8.75. The molecule has 0 bridgehead atoms. The van der Waals surface area contributed by atoms with Gasteiger partial charge in [-0.2, -0.15) is 0 Å². The molecule has 0 aromatic carbocycles. The molecule has 1 aliphatic rings. The van der Waals surface area contributed by atoms with Crippen molar-refractivity contribution in [2.75, 3.05) is 13.1 Å². The average Bonchev–Trinajstić information content (AvgIpc) is 2.25. The molecule has 0 atom stereocenters. The first-order valence-electron chi connectivity index (χ1n) is 3.80. The Balaban J connectivity index is 2.93. The van der Waals surface area contributed by atoms with Gasteiger partial charge in [-0.25, -0.2) is 0 Å². The molecule has 1 fully saturated rings. The number of amides is 2. The molecule has 1 saturated heterocycles. The van der Waals surface area contributed by atoms with Crippen molar-refractivity contribution in [1.29, 1.82) is 0 Å². The van der Waals surface area contributed by atoms with Crippen LogP contribution in [0.2, 0.25) is 0 Å². The predicted octanol–water partition coefficient (Wildman–Crippen LogP) is -1.05. The van der Waals surface area contributed by atoms with Crippen molar-refractivity contribution < 1.29 is 9.59 Å². The van der Waals surface area contributed by atoms with E-state index in [1.54, 1.807) is 0 Å². The Morgan fingerprint density at radius 3 is 1.58 bits per heavy atom. The summed E-state index contributed by atoms with van der Waals surface area (Å²) in [6.07, 6.45) is 0. The van der Waals surface area contributed by atoms with E-state index in [0.717, 1.165) is 0 Å². The molecule has 2 amide bonds. The van der Waals surface area contributed by atoms with Gasteiger partial charge in [-0.3, -0.25) is 0 Å². The molecule has 1 aliphatic heterocycles. The first kappa shape index (κ1) is 9.42. The molecule has 0 radical (unpaired) electrons. The van der Waals surface area contributed by atoms with E-state index in [-0.39, 0.29) is 0 Å². The molecule has 1 rings (SSSR count). The van der Waals surface area contributed by atoms with Gasteiger partial charge in [0.1, 0.15) is 0 Å². The van der Waals surface area contributed by atoms with Crippen LogP contribution in [-0.4, -0.2) is 54.9 Å². The standard InChI is InChI=1S/C7H10N2O2Se/c1-3-8-5(10)6(11)9(4-2)7(8)12/h3-4H2,1-2H3. The van der Waals surface area contributed by atoms with E-state index in [0.29, 0.717) is 17.8 Å². The van der Waals surface area contributed by atoms with Crippen LogP contribution < -0.4 is 0 Å². The van der Waals surface area contributed by atoms with Crippen molar-refractivity contribution >= 4 is 32.1 Å². The van der Waals surface area contributed by atoms with Crippen LogP contribution in [0.25, 0.3) is 0 Å². The Bertz CT molecular complexity index is 228. The number of nitrogens with zero attached hydrogens (tertiary/aromatic N) is 2. The Morgan fingerprint density at radius 1 is 1.08 bits per heavy atom. The maximum absolute atomic E-state index is 11.2. The summed E-state index contributed by atoms with van der Waals surface area (Å²) in [6.45, 7) is 4.73. The SMILES string of the molecule is CCN1C(=O)C(=O)N(CC)C1=[Se]. The third kappa shape index (κ3) is 1.19. The minimum absolute atomic E-state index is 0.437. The summed E-state index contributed by atoms with van der Waals surface area (Å²) in [5, 5.41) is 0. The van der Waals surface area contributed by atoms with Crippen LogP contribution in [0.15, 0.2) is 0 Å². The molecule has 0 saturated carbocycles. The minimum atomic E-state index is -0.437. The van der Waals surface area contributed by atoms with E-state index in [1.165, 1.54) is 9.80 Å². The molecule has 66 valence electrons. The Kier molecular flexibility index (Phi) is 2.65. The van der Waals surface area contributed by atoms with Gasteiger partial charge >= 0.3 is 78.4 Å². The average molecular weight is 233 g/mol. The third-order valence-corrected chi connectivity index (χ3v) is 2.69. The number of carbonyl (C=O) groups is 2. The fraction of sp³-hybridized carbons (Fsp3) is 0.571. The summed E-state index contributed by atoms with van der Waals surface area (Å²) in [6, 6.07) is 0. The van der Waals surface area contributed by atoms with Crippen molar-refractivity contribution in [2.45, 2.75) is 13.8 Å². The van der Waals surface area contributed by atoms with Gasteiger partial charge in [-0.05, 0) is 0 Å². The van der Waals surface area contributed by atoms with Crippen molar-refractivity contribution in [3.05, 3.63) is 0 Å². The van der Waals surface area contributed by atoms with Crippen LogP contribution in [0.1, 0.15) is 13.8 Å². The molecule has 0 aliphatic carbocycles. The van der Waals surface area contributed by atoms with E-state index in [9.17, 15) is 9.59 Å². The molecule has 0 spiro atoms. The molecule has 12 heavy (non-hydrogen) atoms. The number of hydrogen-bond donors (Lipinski definition) is 0. The second kappa shape index (κ2) is 3.37. The van der Waals surface area contributed by atoms with Crippen LogP contribution >= 0.6 is 0 Å². The van der Waals surface area contributed by atoms with Crippen LogP contribution in [0, 0.1) is 0 Å². The molecule has 1 heterocycles. The van der Waals surface area contributed by atoms with Crippen molar-refractivity contribution in [1.82, 2.24) is 9.80 Å². The zero-order chi connectivity index (χ0) is 9.30. The topological polar surface area (TPSA) is 40.6 Å². The van der Waals surface area contributed by atoms with Crippen molar-refractivity contribution in [2.24, 2.45) is 0 Å². The summed E-state index contributed by atoms with van der Waals surface area (Å²) in [5.74, 6) is -0.874. The zero-order valence-electron chi connectivity index (χ0n) is 7.03. The van der Waals surface area contributed by atoms with E-state index < -0.39 is 11.8 Å². The summed E-state index contributed by atoms with van der Waals surface area (Å²) in [7, 11) is 0. The van der Waals surface area contributed by atoms with Gasteiger partial charge in [-0.1, -0.05) is 0 Å². The summed E-state index contributed by atoms with van der Waals surface area (Å²) >= 11 is 2.73. The monoisotopic (exact) mass is 234 g/mol. The Hall–Kier alpha value is -0.671. The molecule has 0 unspecified atom stereocenters. The predicted molar refractivity (Wildman–Crippen MR) is 45.5 cm³/mol. The second-order valence-electron chi connectivity index (χ2n) is 2.38. The quantitative estimate of drug-likeness (QED) is 0.451. The molecular formula is C7H10N2O2Se. The van der Waals surface area contributed by atoms with Gasteiger partial charge in [0, 0.05) is 0 Å². The van der Waals surface area contributed by atoms with Crippen molar-refractivity contribution in [3.8, 4) is 0 Å². The van der Waals surface area contributed by atoms with E-state index in [4.69, 9.17) is 0 Å². The molecule has 4 nitrogen and oxygen atoms in total. The first-order valence-corrected chi connectivity index (χ1v) is 4.66. The molecule has 0 N–H and O–H groups in total. The van der Waals surface area contributed by atoms with Crippen LogP contribution in [0.5, 0.6) is 0 Å². The number of carbonyl (C=O) groups excluding carboxylic acids is 2.